The molecule has 7 heavy (non-hydrogen) atoms. The Morgan fingerprint density at radius 1 is 1.43 bits per heavy atom. The van der Waals surface area contributed by atoms with E-state index in [-0.39, 0.29) is 24.2 Å². The molecule has 1 saturated heterocycles. The summed E-state index contributed by atoms with van der Waals surface area (Å²) in [5.74, 6) is 0. The molecular weight excluding hydrogens is 127 g/mol. The predicted molar refractivity (Wildman–Crippen MR) is 24.6 cm³/mol. The van der Waals surface area contributed by atoms with Crippen LogP contribution in [0.2, 0.25) is 0 Å². The summed E-state index contributed by atoms with van der Waals surface area (Å²) in [6, 6.07) is 0. The van der Waals surface area contributed by atoms with Crippen LogP contribution in [0.25, 0.3) is 0 Å². The molecule has 41 valence electrons. The van der Waals surface area contributed by atoms with Gasteiger partial charge in [0.1, 0.15) is 0 Å². The molecule has 0 aromatic rings. The third kappa shape index (κ3) is 1.48. The number of hydrogen-bond acceptors (Lipinski definition) is 1. The van der Waals surface area contributed by atoms with Crippen molar-refractivity contribution in [2.75, 3.05) is 0 Å². The van der Waals surface area contributed by atoms with E-state index in [0.717, 1.165) is 0 Å². The molecule has 1 radical (unpaired) electrons. The molecule has 0 aromatic heterocycles. The molecule has 0 N–H and O–H groups in total. The average molecular weight is 137 g/mol. The fourth-order valence-electron chi connectivity index (χ4n) is 0.422. The van der Waals surface area contributed by atoms with E-state index in [4.69, 9.17) is 4.74 Å². The Labute approximate surface area is 56.3 Å². The smallest absolute Gasteiger partial charge is 0.0889 e. The molecule has 0 spiro atoms. The van der Waals surface area contributed by atoms with Gasteiger partial charge in [-0.15, -0.1) is 0 Å². The van der Waals surface area contributed by atoms with Crippen molar-refractivity contribution in [1.29, 1.82) is 0 Å². The Kier molecular flexibility index (Phi) is 1.95. The van der Waals surface area contributed by atoms with Gasteiger partial charge in [0.05, 0.1) is 11.7 Å². The molecule has 1 fully saturated rings. The molecule has 0 saturated carbocycles. The van der Waals surface area contributed by atoms with Gasteiger partial charge in [-0.25, -0.2) is 0 Å². The van der Waals surface area contributed by atoms with Crippen molar-refractivity contribution in [2.24, 2.45) is 0 Å². The Balaban J connectivity index is 0.000000360. The number of hydrogen-bond donors (Lipinski definition) is 0. The van der Waals surface area contributed by atoms with E-state index in [1.807, 2.05) is 0 Å². The molecule has 1 aliphatic heterocycles. The number of rotatable bonds is 0. The fraction of sp³-hybridized carbons (Fsp3) is 1.00. The molecule has 1 nitrogen and oxygen atoms in total. The van der Waals surface area contributed by atoms with E-state index in [1.165, 1.54) is 0 Å². The summed E-state index contributed by atoms with van der Waals surface area (Å²) in [4.78, 5) is 0. The maximum atomic E-state index is 5.10. The predicted octanol–water partition coefficient (Wildman–Crippen LogP) is 1.18. The molecule has 1 rings (SSSR count). The van der Waals surface area contributed by atoms with Crippen LogP contribution in [0, 0.1) is 0 Å². The first-order chi connectivity index (χ1) is 2.63. The van der Waals surface area contributed by atoms with Gasteiger partial charge < -0.3 is 4.74 Å². The fourth-order valence-corrected chi connectivity index (χ4v) is 0.422. The van der Waals surface area contributed by atoms with Crippen molar-refractivity contribution in [3.8, 4) is 0 Å². The zero-order valence-corrected chi connectivity index (χ0v) is 6.33. The van der Waals surface area contributed by atoms with E-state index >= 15 is 0 Å². The van der Waals surface area contributed by atoms with Crippen molar-refractivity contribution >= 4 is 0 Å². The van der Waals surface area contributed by atoms with Crippen LogP contribution in [0.4, 0.5) is 0 Å². The zero-order valence-electron chi connectivity index (χ0n) is 4.93. The van der Waals surface area contributed by atoms with Crippen LogP contribution in [0.15, 0.2) is 0 Å². The third-order valence-electron chi connectivity index (χ3n) is 1.40. The molecule has 1 aliphatic rings. The van der Waals surface area contributed by atoms with Crippen molar-refractivity contribution in [3.05, 3.63) is 0 Å². The van der Waals surface area contributed by atoms with Gasteiger partial charge in [0, 0.05) is 18.6 Å². The van der Waals surface area contributed by atoms with E-state index in [9.17, 15) is 0 Å². The van der Waals surface area contributed by atoms with Gasteiger partial charge in [0.25, 0.3) is 0 Å². The third-order valence-corrected chi connectivity index (χ3v) is 1.40. The summed E-state index contributed by atoms with van der Waals surface area (Å²) in [5, 5.41) is 0. The van der Waals surface area contributed by atoms with E-state index in [2.05, 4.69) is 20.8 Å². The van der Waals surface area contributed by atoms with Crippen LogP contribution in [0.5, 0.6) is 0 Å². The minimum atomic E-state index is 0. The topological polar surface area (TPSA) is 12.5 Å². The van der Waals surface area contributed by atoms with E-state index in [0.29, 0.717) is 6.10 Å². The molecule has 0 aliphatic carbocycles. The van der Waals surface area contributed by atoms with Gasteiger partial charge in [-0.05, 0) is 20.8 Å². The monoisotopic (exact) mass is 137 g/mol. The van der Waals surface area contributed by atoms with Crippen molar-refractivity contribution in [3.63, 3.8) is 0 Å². The minimum Gasteiger partial charge on any atom is -0.367 e. The maximum absolute atomic E-state index is 5.10. The molecule has 0 amide bonds. The summed E-state index contributed by atoms with van der Waals surface area (Å²) in [6.07, 6.45) is 0.498. The average Bonchev–Trinajstić information content (AvgIpc) is 1.73. The van der Waals surface area contributed by atoms with Crippen LogP contribution in [-0.2, 0) is 23.3 Å². The Hall–Kier alpha value is 0.544. The normalized spacial score (nSPS) is 33.9. The number of epoxide rings is 1. The molecule has 2 heteroatoms. The Bertz CT molecular complexity index is 70.5. The van der Waals surface area contributed by atoms with Crippen LogP contribution in [0.3, 0.4) is 0 Å². The van der Waals surface area contributed by atoms with Gasteiger partial charge in [-0.1, -0.05) is 0 Å². The largest absolute Gasteiger partial charge is 0.367 e. The van der Waals surface area contributed by atoms with Crippen molar-refractivity contribution in [1.82, 2.24) is 0 Å². The zero-order chi connectivity index (χ0) is 4.78. The quantitative estimate of drug-likeness (QED) is 0.457. The van der Waals surface area contributed by atoms with Crippen LogP contribution >= 0.6 is 0 Å². The second-order valence-electron chi connectivity index (χ2n) is 2.36. The van der Waals surface area contributed by atoms with Crippen molar-refractivity contribution < 1.29 is 23.3 Å². The van der Waals surface area contributed by atoms with Gasteiger partial charge in [-0.3, -0.25) is 0 Å². The molecule has 1 unspecified atom stereocenters. The number of ether oxygens (including phenoxy) is 1. The van der Waals surface area contributed by atoms with Gasteiger partial charge in [0.15, 0.2) is 0 Å². The summed E-state index contributed by atoms with van der Waals surface area (Å²) >= 11 is 0. The first-order valence-corrected chi connectivity index (χ1v) is 2.31. The molecule has 1 heterocycles. The van der Waals surface area contributed by atoms with Crippen LogP contribution in [-0.4, -0.2) is 11.7 Å². The maximum Gasteiger partial charge on any atom is 0.0889 e. The van der Waals surface area contributed by atoms with E-state index < -0.39 is 0 Å². The minimum absolute atomic E-state index is 0. The summed E-state index contributed by atoms with van der Waals surface area (Å²) in [7, 11) is 0. The molecule has 0 bridgehead atoms. The second-order valence-corrected chi connectivity index (χ2v) is 2.36. The summed E-state index contributed by atoms with van der Waals surface area (Å²) in [5.41, 5.74) is 0.208. The molecule has 1 atom stereocenters. The van der Waals surface area contributed by atoms with Crippen LogP contribution < -0.4 is 0 Å². The molecule has 0 aromatic carbocycles. The van der Waals surface area contributed by atoms with Gasteiger partial charge in [-0.2, -0.15) is 0 Å². The SMILES string of the molecule is CC1OC1(C)C.[V]. The Morgan fingerprint density at radius 2 is 1.57 bits per heavy atom. The summed E-state index contributed by atoms with van der Waals surface area (Å²) in [6.45, 7) is 6.27. The van der Waals surface area contributed by atoms with Gasteiger partial charge >= 0.3 is 0 Å². The molecular formula is C5H10OV. The summed E-state index contributed by atoms with van der Waals surface area (Å²) < 4.78 is 5.10. The first-order valence-electron chi connectivity index (χ1n) is 2.31. The second kappa shape index (κ2) is 1.81. The van der Waals surface area contributed by atoms with Crippen molar-refractivity contribution in [2.45, 2.75) is 32.5 Å². The Morgan fingerprint density at radius 3 is 1.57 bits per heavy atom. The van der Waals surface area contributed by atoms with Crippen LogP contribution in [0.1, 0.15) is 20.8 Å². The van der Waals surface area contributed by atoms with Gasteiger partial charge in [0.2, 0.25) is 0 Å². The first kappa shape index (κ1) is 7.54. The van der Waals surface area contributed by atoms with E-state index in [1.54, 1.807) is 0 Å². The standard InChI is InChI=1S/C5H10O.V/c1-4-5(2,3)6-4;/h4H,1-3H3;.